The molecule has 2 aromatic rings. The third kappa shape index (κ3) is 3.05. The Morgan fingerprint density at radius 3 is 2.81 bits per heavy atom. The maximum atomic E-state index is 13.1. The fraction of sp³-hybridized carbons (Fsp3) is 0.368. The van der Waals surface area contributed by atoms with Gasteiger partial charge in [-0.15, -0.1) is 0 Å². The molecule has 1 unspecified atom stereocenters. The van der Waals surface area contributed by atoms with Crippen LogP contribution in [0.4, 0.5) is 0 Å². The third-order valence-corrected chi connectivity index (χ3v) is 5.23. The van der Waals surface area contributed by atoms with E-state index in [0.29, 0.717) is 22.4 Å². The van der Waals surface area contributed by atoms with Gasteiger partial charge in [0, 0.05) is 22.5 Å². The number of imide groups is 1. The Hall–Kier alpha value is -2.47. The summed E-state index contributed by atoms with van der Waals surface area (Å²) in [6, 6.07) is 4.61. The van der Waals surface area contributed by atoms with Gasteiger partial charge in [0.05, 0.1) is 11.1 Å². The van der Waals surface area contributed by atoms with E-state index in [-0.39, 0.29) is 18.2 Å². The number of aryl methyl sites for hydroxylation is 1. The Morgan fingerprint density at radius 2 is 2.00 bits per heavy atom. The number of amides is 3. The zero-order valence-electron chi connectivity index (χ0n) is 14.1. The summed E-state index contributed by atoms with van der Waals surface area (Å²) < 4.78 is 0. The molecule has 1 fully saturated rings. The van der Waals surface area contributed by atoms with E-state index in [1.165, 1.54) is 0 Å². The van der Waals surface area contributed by atoms with Crippen LogP contribution in [0, 0.1) is 0 Å². The summed E-state index contributed by atoms with van der Waals surface area (Å²) in [7, 11) is 0. The number of aromatic nitrogens is 1. The number of rotatable bonds is 2. The Bertz CT molecular complexity index is 941. The van der Waals surface area contributed by atoms with Gasteiger partial charge in [-0.2, -0.15) is 0 Å². The van der Waals surface area contributed by atoms with Crippen molar-refractivity contribution in [3.8, 4) is 0 Å². The molecule has 1 aliphatic carbocycles. The number of hydrogen-bond donors (Lipinski definition) is 2. The summed E-state index contributed by atoms with van der Waals surface area (Å²) in [4.78, 5) is 41.1. The SMILES string of the molecule is O=C1CCC(NC(=O)c2c3c(nc4ccc(Cl)cc24)CCCC3)C(=O)N1. The number of piperidine rings is 1. The predicted octanol–water partition coefficient (Wildman–Crippen LogP) is 2.30. The van der Waals surface area contributed by atoms with Crippen molar-refractivity contribution in [2.75, 3.05) is 0 Å². The summed E-state index contributed by atoms with van der Waals surface area (Å²) in [5.74, 6) is -1.08. The Kier molecular flexibility index (Phi) is 4.36. The average Bonchev–Trinajstić information content (AvgIpc) is 2.62. The molecule has 7 heteroatoms. The lowest BCUT2D eigenvalue weighted by Crippen LogP contribution is -2.52. The number of halogens is 1. The Morgan fingerprint density at radius 1 is 1.19 bits per heavy atom. The normalized spacial score (nSPS) is 19.8. The lowest BCUT2D eigenvalue weighted by atomic mass is 9.89. The first-order valence-corrected chi connectivity index (χ1v) is 9.16. The minimum Gasteiger partial charge on any atom is -0.340 e. The van der Waals surface area contributed by atoms with E-state index in [9.17, 15) is 14.4 Å². The fourth-order valence-corrected chi connectivity index (χ4v) is 3.89. The van der Waals surface area contributed by atoms with Crippen LogP contribution in [-0.4, -0.2) is 28.7 Å². The number of fused-ring (bicyclic) bond motifs is 2. The van der Waals surface area contributed by atoms with Crippen LogP contribution in [0.1, 0.15) is 47.3 Å². The van der Waals surface area contributed by atoms with Crippen LogP contribution in [0.15, 0.2) is 18.2 Å². The van der Waals surface area contributed by atoms with Gasteiger partial charge in [0.25, 0.3) is 5.91 Å². The first kappa shape index (κ1) is 17.0. The largest absolute Gasteiger partial charge is 0.340 e. The number of pyridine rings is 1. The fourth-order valence-electron chi connectivity index (χ4n) is 3.72. The zero-order valence-corrected chi connectivity index (χ0v) is 14.9. The van der Waals surface area contributed by atoms with Crippen LogP contribution in [-0.2, 0) is 22.4 Å². The molecule has 26 heavy (non-hydrogen) atoms. The van der Waals surface area contributed by atoms with Crippen LogP contribution in [0.25, 0.3) is 10.9 Å². The van der Waals surface area contributed by atoms with E-state index in [1.807, 2.05) is 6.07 Å². The molecule has 3 amide bonds. The van der Waals surface area contributed by atoms with E-state index in [1.54, 1.807) is 12.1 Å². The molecular weight excluding hydrogens is 354 g/mol. The maximum Gasteiger partial charge on any atom is 0.252 e. The molecule has 1 aliphatic heterocycles. The predicted molar refractivity (Wildman–Crippen MR) is 97.0 cm³/mol. The molecule has 1 aromatic heterocycles. The molecule has 1 atom stereocenters. The quantitative estimate of drug-likeness (QED) is 0.793. The van der Waals surface area contributed by atoms with Gasteiger partial charge in [-0.25, -0.2) is 0 Å². The maximum absolute atomic E-state index is 13.1. The highest BCUT2D eigenvalue weighted by Crippen LogP contribution is 2.31. The Balaban J connectivity index is 1.76. The van der Waals surface area contributed by atoms with Gasteiger partial charge in [-0.3, -0.25) is 24.7 Å². The molecule has 0 bridgehead atoms. The van der Waals surface area contributed by atoms with Gasteiger partial charge in [0.2, 0.25) is 11.8 Å². The van der Waals surface area contributed by atoms with Crippen LogP contribution >= 0.6 is 11.6 Å². The molecule has 6 nitrogen and oxygen atoms in total. The van der Waals surface area contributed by atoms with E-state index in [2.05, 4.69) is 10.6 Å². The standard InChI is InChI=1S/C19H18ClN3O3/c20-10-5-6-14-12(9-10)17(11-3-1-2-4-13(11)21-14)19(26)22-15-7-8-16(24)23-18(15)25/h5-6,9,15H,1-4,7-8H2,(H,22,26)(H,23,24,25). The van der Waals surface area contributed by atoms with Crippen molar-refractivity contribution in [1.82, 2.24) is 15.6 Å². The highest BCUT2D eigenvalue weighted by atomic mass is 35.5. The van der Waals surface area contributed by atoms with Crippen LogP contribution in [0.3, 0.4) is 0 Å². The van der Waals surface area contributed by atoms with E-state index >= 15 is 0 Å². The van der Waals surface area contributed by atoms with Gasteiger partial charge >= 0.3 is 0 Å². The van der Waals surface area contributed by atoms with E-state index in [4.69, 9.17) is 16.6 Å². The number of nitrogens with one attached hydrogen (secondary N) is 2. The molecule has 2 heterocycles. The van der Waals surface area contributed by atoms with Crippen LogP contribution < -0.4 is 10.6 Å². The summed E-state index contributed by atoms with van der Waals surface area (Å²) in [5, 5.41) is 6.29. The monoisotopic (exact) mass is 371 g/mol. The minimum absolute atomic E-state index is 0.220. The highest BCUT2D eigenvalue weighted by Gasteiger charge is 2.30. The Labute approximate surface area is 155 Å². The smallest absolute Gasteiger partial charge is 0.252 e. The van der Waals surface area contributed by atoms with Crippen molar-refractivity contribution >= 4 is 40.2 Å². The van der Waals surface area contributed by atoms with Gasteiger partial charge < -0.3 is 5.32 Å². The molecule has 4 rings (SSSR count). The first-order chi connectivity index (χ1) is 12.5. The molecular formula is C19H18ClN3O3. The van der Waals surface area contributed by atoms with Crippen LogP contribution in [0.2, 0.25) is 5.02 Å². The van der Waals surface area contributed by atoms with Crippen molar-refractivity contribution in [2.24, 2.45) is 0 Å². The lowest BCUT2D eigenvalue weighted by molar-refractivity contribution is -0.134. The van der Waals surface area contributed by atoms with Crippen LogP contribution in [0.5, 0.6) is 0 Å². The molecule has 134 valence electrons. The van der Waals surface area contributed by atoms with Gasteiger partial charge in [-0.05, 0) is 55.9 Å². The van der Waals surface area contributed by atoms with Crippen molar-refractivity contribution in [3.05, 3.63) is 40.0 Å². The number of carbonyl (C=O) groups is 3. The summed E-state index contributed by atoms with van der Waals surface area (Å²) in [5.41, 5.74) is 3.16. The first-order valence-electron chi connectivity index (χ1n) is 8.78. The second kappa shape index (κ2) is 6.68. The minimum atomic E-state index is -0.707. The average molecular weight is 372 g/mol. The zero-order chi connectivity index (χ0) is 18.3. The van der Waals surface area contributed by atoms with Crippen molar-refractivity contribution < 1.29 is 14.4 Å². The van der Waals surface area contributed by atoms with Gasteiger partial charge in [-0.1, -0.05) is 11.6 Å². The van der Waals surface area contributed by atoms with Crippen molar-refractivity contribution in [3.63, 3.8) is 0 Å². The second-order valence-electron chi connectivity index (χ2n) is 6.76. The molecule has 0 spiro atoms. The van der Waals surface area contributed by atoms with E-state index < -0.39 is 11.9 Å². The number of carbonyl (C=O) groups excluding carboxylic acids is 3. The number of nitrogens with zero attached hydrogens (tertiary/aromatic N) is 1. The van der Waals surface area contributed by atoms with Gasteiger partial charge in [0.15, 0.2) is 0 Å². The van der Waals surface area contributed by atoms with Gasteiger partial charge in [0.1, 0.15) is 6.04 Å². The number of benzene rings is 1. The van der Waals surface area contributed by atoms with Crippen molar-refractivity contribution in [1.29, 1.82) is 0 Å². The van der Waals surface area contributed by atoms with E-state index in [0.717, 1.165) is 42.5 Å². The molecule has 2 N–H and O–H groups in total. The summed E-state index contributed by atoms with van der Waals surface area (Å²) >= 11 is 6.15. The molecule has 0 saturated carbocycles. The molecule has 2 aliphatic rings. The summed E-state index contributed by atoms with van der Waals surface area (Å²) in [6.45, 7) is 0. The molecule has 1 saturated heterocycles. The second-order valence-corrected chi connectivity index (χ2v) is 7.19. The molecule has 0 radical (unpaired) electrons. The third-order valence-electron chi connectivity index (χ3n) is 5.00. The van der Waals surface area contributed by atoms with Crippen molar-refractivity contribution in [2.45, 2.75) is 44.6 Å². The highest BCUT2D eigenvalue weighted by molar-refractivity contribution is 6.31. The summed E-state index contributed by atoms with van der Waals surface area (Å²) in [6.07, 6.45) is 4.20. The topological polar surface area (TPSA) is 88.2 Å². The molecule has 1 aromatic carbocycles. The number of hydrogen-bond acceptors (Lipinski definition) is 4. The lowest BCUT2D eigenvalue weighted by Gasteiger charge is -2.24.